The molecule has 6 N–H and O–H groups in total. The number of morpholine rings is 1. The number of nitrogens with zero attached hydrogens (tertiary/aromatic N) is 1. The Morgan fingerprint density at radius 2 is 1.88 bits per heavy atom. The lowest BCUT2D eigenvalue weighted by Gasteiger charge is -2.26. The zero-order valence-electron chi connectivity index (χ0n) is 19.8. The maximum Gasteiger partial charge on any atom is 0.407 e. The summed E-state index contributed by atoms with van der Waals surface area (Å²) < 4.78 is 16.5. The van der Waals surface area contributed by atoms with E-state index in [-0.39, 0.29) is 0 Å². The van der Waals surface area contributed by atoms with Gasteiger partial charge in [-0.15, -0.1) is 0 Å². The molecule has 0 bridgehead atoms. The van der Waals surface area contributed by atoms with Crippen LogP contribution in [0.3, 0.4) is 0 Å². The lowest BCUT2D eigenvalue weighted by molar-refractivity contribution is 0.0358. The number of hydrogen-bond acceptors (Lipinski definition) is 8. The highest BCUT2D eigenvalue weighted by Crippen LogP contribution is 2.32. The number of amides is 2. The monoisotopic (exact) mass is 463 g/mol. The number of alkyl carbamates (subject to hydrolysis) is 1. The van der Waals surface area contributed by atoms with Gasteiger partial charge in [-0.3, -0.25) is 9.69 Å². The molecule has 2 rings (SSSR count). The Kier molecular flexibility index (Phi) is 10.3. The summed E-state index contributed by atoms with van der Waals surface area (Å²) in [6.45, 7) is 10.9. The molecule has 1 fully saturated rings. The topological polar surface area (TPSA) is 141 Å². The minimum atomic E-state index is -0.570. The van der Waals surface area contributed by atoms with Gasteiger partial charge in [0.1, 0.15) is 17.0 Å². The maximum absolute atomic E-state index is 11.7. The number of nitrogens with two attached hydrogens (primary N) is 2. The molecule has 0 spiro atoms. The van der Waals surface area contributed by atoms with Crippen LogP contribution in [0.5, 0.6) is 5.75 Å². The number of carbonyl (C=O) groups excluding carboxylic acids is 2. The fourth-order valence-electron chi connectivity index (χ4n) is 3.16. The second-order valence-electron chi connectivity index (χ2n) is 8.69. The SMILES string of the molecule is CC(C)(C)OC(=O)NC/C=C/CNc1c(N)cc(C(N)=O)cc1OCCCN1CCOCC1. The van der Waals surface area contributed by atoms with E-state index in [1.807, 2.05) is 26.8 Å². The Morgan fingerprint density at radius 3 is 2.55 bits per heavy atom. The highest BCUT2D eigenvalue weighted by atomic mass is 16.6. The number of carbonyl (C=O) groups is 2. The van der Waals surface area contributed by atoms with Gasteiger partial charge in [0.05, 0.1) is 25.5 Å². The molecule has 184 valence electrons. The molecule has 10 heteroatoms. The molecule has 0 aromatic heterocycles. The van der Waals surface area contributed by atoms with Crippen LogP contribution in [0, 0.1) is 0 Å². The number of primary amides is 1. The summed E-state index contributed by atoms with van der Waals surface area (Å²) in [6, 6.07) is 3.13. The van der Waals surface area contributed by atoms with Crippen LogP contribution in [0.4, 0.5) is 16.2 Å². The predicted octanol–water partition coefficient (Wildman–Crippen LogP) is 1.96. The molecule has 33 heavy (non-hydrogen) atoms. The third-order valence-electron chi connectivity index (χ3n) is 4.72. The molecule has 0 unspecified atom stereocenters. The number of anilines is 2. The van der Waals surface area contributed by atoms with Gasteiger partial charge in [0.15, 0.2) is 0 Å². The fourth-order valence-corrected chi connectivity index (χ4v) is 3.16. The van der Waals surface area contributed by atoms with E-state index in [0.29, 0.717) is 42.4 Å². The van der Waals surface area contributed by atoms with Crippen LogP contribution in [0.25, 0.3) is 0 Å². The van der Waals surface area contributed by atoms with Crippen LogP contribution in [-0.4, -0.2) is 75.0 Å². The molecule has 2 amide bonds. The van der Waals surface area contributed by atoms with Crippen molar-refractivity contribution < 1.29 is 23.8 Å². The second-order valence-corrected chi connectivity index (χ2v) is 8.69. The number of nitrogen functional groups attached to an aromatic ring is 1. The predicted molar refractivity (Wildman–Crippen MR) is 129 cm³/mol. The zero-order chi connectivity index (χ0) is 24.3. The van der Waals surface area contributed by atoms with Crippen LogP contribution < -0.4 is 26.8 Å². The fraction of sp³-hybridized carbons (Fsp3) is 0.565. The lowest BCUT2D eigenvalue weighted by atomic mass is 10.1. The van der Waals surface area contributed by atoms with Crippen molar-refractivity contribution in [1.82, 2.24) is 10.2 Å². The quantitative estimate of drug-likeness (QED) is 0.222. The van der Waals surface area contributed by atoms with Crippen LogP contribution >= 0.6 is 0 Å². The molecule has 0 atom stereocenters. The number of hydrogen-bond donors (Lipinski definition) is 4. The summed E-state index contributed by atoms with van der Waals surface area (Å²) in [6.07, 6.45) is 4.00. The van der Waals surface area contributed by atoms with Gasteiger partial charge in [-0.05, 0) is 39.3 Å². The summed E-state index contributed by atoms with van der Waals surface area (Å²) in [5.74, 6) is -0.0920. The Bertz CT molecular complexity index is 816. The van der Waals surface area contributed by atoms with E-state index in [1.54, 1.807) is 12.1 Å². The minimum Gasteiger partial charge on any atom is -0.491 e. The molecular weight excluding hydrogens is 426 g/mol. The molecule has 1 saturated heterocycles. The Morgan fingerprint density at radius 1 is 1.18 bits per heavy atom. The van der Waals surface area contributed by atoms with Crippen molar-refractivity contribution in [2.24, 2.45) is 5.73 Å². The highest BCUT2D eigenvalue weighted by Gasteiger charge is 2.15. The number of benzene rings is 1. The first-order chi connectivity index (χ1) is 15.7. The molecule has 1 aliphatic rings. The number of rotatable bonds is 11. The van der Waals surface area contributed by atoms with Gasteiger partial charge in [-0.1, -0.05) is 12.2 Å². The zero-order valence-corrected chi connectivity index (χ0v) is 19.8. The van der Waals surface area contributed by atoms with Gasteiger partial charge >= 0.3 is 6.09 Å². The molecule has 1 aliphatic heterocycles. The molecule has 1 aromatic rings. The molecule has 0 aliphatic carbocycles. The van der Waals surface area contributed by atoms with Crippen molar-refractivity contribution in [2.75, 3.05) is 63.6 Å². The van der Waals surface area contributed by atoms with Crippen molar-refractivity contribution in [3.05, 3.63) is 29.8 Å². The van der Waals surface area contributed by atoms with Gasteiger partial charge in [0.2, 0.25) is 5.91 Å². The average Bonchev–Trinajstić information content (AvgIpc) is 2.74. The van der Waals surface area contributed by atoms with Gasteiger partial charge < -0.3 is 36.3 Å². The van der Waals surface area contributed by atoms with E-state index in [0.717, 1.165) is 39.3 Å². The van der Waals surface area contributed by atoms with Gasteiger partial charge in [0, 0.05) is 38.3 Å². The summed E-state index contributed by atoms with van der Waals surface area (Å²) in [7, 11) is 0. The Labute approximate surface area is 195 Å². The number of nitrogens with one attached hydrogen (secondary N) is 2. The van der Waals surface area contributed by atoms with Crippen LogP contribution in [0.2, 0.25) is 0 Å². The molecule has 0 saturated carbocycles. The summed E-state index contributed by atoms with van der Waals surface area (Å²) >= 11 is 0. The molecule has 1 heterocycles. The summed E-state index contributed by atoms with van der Waals surface area (Å²) in [5, 5.41) is 5.86. The normalized spacial score (nSPS) is 14.8. The van der Waals surface area contributed by atoms with E-state index in [4.69, 9.17) is 25.7 Å². The molecular formula is C23H37N5O5. The average molecular weight is 464 g/mol. The molecule has 1 aromatic carbocycles. The lowest BCUT2D eigenvalue weighted by Crippen LogP contribution is -2.37. The van der Waals surface area contributed by atoms with Crippen molar-refractivity contribution in [2.45, 2.75) is 32.8 Å². The third-order valence-corrected chi connectivity index (χ3v) is 4.72. The van der Waals surface area contributed by atoms with Crippen LogP contribution in [0.1, 0.15) is 37.6 Å². The maximum atomic E-state index is 11.7. The highest BCUT2D eigenvalue weighted by molar-refractivity contribution is 5.96. The van der Waals surface area contributed by atoms with Gasteiger partial charge in [-0.2, -0.15) is 0 Å². The second kappa shape index (κ2) is 12.9. The minimum absolute atomic E-state index is 0.290. The third kappa shape index (κ3) is 10.0. The van der Waals surface area contributed by atoms with Crippen molar-refractivity contribution >= 4 is 23.4 Å². The summed E-state index contributed by atoms with van der Waals surface area (Å²) in [5.41, 5.74) is 12.3. The van der Waals surface area contributed by atoms with E-state index in [2.05, 4.69) is 15.5 Å². The first-order valence-corrected chi connectivity index (χ1v) is 11.2. The first kappa shape index (κ1) is 26.3. The van der Waals surface area contributed by atoms with Crippen molar-refractivity contribution in [3.8, 4) is 5.75 Å². The molecule has 10 nitrogen and oxygen atoms in total. The van der Waals surface area contributed by atoms with Gasteiger partial charge in [0.25, 0.3) is 0 Å². The Hall–Kier alpha value is -2.98. The van der Waals surface area contributed by atoms with E-state index < -0.39 is 17.6 Å². The van der Waals surface area contributed by atoms with E-state index >= 15 is 0 Å². The van der Waals surface area contributed by atoms with E-state index in [9.17, 15) is 9.59 Å². The van der Waals surface area contributed by atoms with Gasteiger partial charge in [-0.25, -0.2) is 4.79 Å². The first-order valence-electron chi connectivity index (χ1n) is 11.2. The number of ether oxygens (including phenoxy) is 3. The van der Waals surface area contributed by atoms with Crippen molar-refractivity contribution in [3.63, 3.8) is 0 Å². The smallest absolute Gasteiger partial charge is 0.407 e. The van der Waals surface area contributed by atoms with Crippen LogP contribution in [0.15, 0.2) is 24.3 Å². The van der Waals surface area contributed by atoms with Crippen LogP contribution in [-0.2, 0) is 9.47 Å². The summed E-state index contributed by atoms with van der Waals surface area (Å²) in [4.78, 5) is 25.6. The largest absolute Gasteiger partial charge is 0.491 e. The standard InChI is InChI=1S/C23H37N5O5/c1-23(2,3)33-22(30)27-8-5-4-7-26-20-18(24)15-17(21(25)29)16-19(20)32-12-6-9-28-10-13-31-14-11-28/h4-5,15-16,26H,6-14,24H2,1-3H3,(H2,25,29)(H,27,30)/b5-4+. The molecule has 0 radical (unpaired) electrons. The van der Waals surface area contributed by atoms with E-state index in [1.165, 1.54) is 6.07 Å². The van der Waals surface area contributed by atoms with Crippen molar-refractivity contribution in [1.29, 1.82) is 0 Å². The Balaban J connectivity index is 1.87.